The normalized spacial score (nSPS) is 12.2. The zero-order chi connectivity index (χ0) is 44.7. The zero-order valence-electron chi connectivity index (χ0n) is 37.1. The van der Waals surface area contributed by atoms with E-state index in [0.717, 1.165) is 66.5 Å². The number of furan rings is 1. The van der Waals surface area contributed by atoms with Gasteiger partial charge in [0.05, 0.1) is 11.2 Å². The Hall–Kier alpha value is -8.86. The molecule has 0 amide bonds. The quantitative estimate of drug-likeness (QED) is 0.169. The lowest BCUT2D eigenvalue weighted by Gasteiger charge is -2.35. The van der Waals surface area contributed by atoms with Crippen molar-refractivity contribution in [1.82, 2.24) is 4.98 Å². The molecular weight excluding hydrogens is 824 g/mol. The second kappa shape index (κ2) is 15.4. The number of anilines is 3. The fourth-order valence-electron chi connectivity index (χ4n) is 10.9. The van der Waals surface area contributed by atoms with Gasteiger partial charge in [-0.15, -0.1) is 0 Å². The Labute approximate surface area is 394 Å². The van der Waals surface area contributed by atoms with E-state index in [1.54, 1.807) is 0 Å². The van der Waals surface area contributed by atoms with E-state index in [1.165, 1.54) is 71.6 Å². The van der Waals surface area contributed by atoms with Crippen LogP contribution in [0.15, 0.2) is 241 Å². The summed E-state index contributed by atoms with van der Waals surface area (Å²) < 4.78 is 7.28. The Bertz CT molecular complexity index is 4100. The molecule has 1 aliphatic heterocycles. The van der Waals surface area contributed by atoms with Gasteiger partial charge in [0, 0.05) is 44.0 Å². The van der Waals surface area contributed by atoms with Crippen molar-refractivity contribution < 1.29 is 4.42 Å². The van der Waals surface area contributed by atoms with E-state index >= 15 is 0 Å². The van der Waals surface area contributed by atoms with Crippen LogP contribution in [0.3, 0.4) is 0 Å². The number of nitrogens with zero attached hydrogens (tertiary/aromatic N) is 1. The number of aromatic amines is 1. The Morgan fingerprint density at radius 3 is 1.65 bits per heavy atom. The molecule has 0 aliphatic carbocycles. The molecule has 4 heteroatoms. The van der Waals surface area contributed by atoms with Crippen molar-refractivity contribution in [3.05, 3.63) is 237 Å². The SMILES string of the molecule is B1c2ccc(-c3ccccc3)cc2N(c2cccc(-c3ccccc3)c2)c2c1c(-c1cc(-c3ccccc3)cc3c1[nH]c1ccc(-c4ccccc4)cc13)cc1c2oc2cc3ccccc3cc21. The van der Waals surface area contributed by atoms with E-state index in [9.17, 15) is 0 Å². The summed E-state index contributed by atoms with van der Waals surface area (Å²) in [5.74, 6) is 0. The van der Waals surface area contributed by atoms with Gasteiger partial charge >= 0.3 is 0 Å². The Kier molecular flexibility index (Phi) is 8.68. The van der Waals surface area contributed by atoms with E-state index in [1.807, 2.05) is 0 Å². The van der Waals surface area contributed by atoms with Crippen LogP contribution in [0, 0.1) is 0 Å². The number of nitrogens with one attached hydrogen (secondary N) is 1. The monoisotopic (exact) mass is 864 g/mol. The molecule has 0 saturated heterocycles. The molecule has 0 unspecified atom stereocenters. The number of hydrogen-bond acceptors (Lipinski definition) is 2. The van der Waals surface area contributed by atoms with E-state index in [-0.39, 0.29) is 0 Å². The number of benzene rings is 11. The van der Waals surface area contributed by atoms with E-state index in [4.69, 9.17) is 4.42 Å². The number of aromatic nitrogens is 1. The van der Waals surface area contributed by atoms with Crippen LogP contribution >= 0.6 is 0 Å². The third kappa shape index (κ3) is 6.22. The van der Waals surface area contributed by atoms with E-state index in [0.29, 0.717) is 7.28 Å². The molecule has 3 nitrogen and oxygen atoms in total. The van der Waals surface area contributed by atoms with Crippen molar-refractivity contribution in [2.24, 2.45) is 0 Å². The summed E-state index contributed by atoms with van der Waals surface area (Å²) in [5, 5.41) is 6.93. The molecule has 13 aromatic rings. The van der Waals surface area contributed by atoms with Gasteiger partial charge in [0.1, 0.15) is 5.58 Å². The zero-order valence-corrected chi connectivity index (χ0v) is 37.1. The summed E-state index contributed by atoms with van der Waals surface area (Å²) >= 11 is 0. The van der Waals surface area contributed by atoms with Crippen molar-refractivity contribution in [2.75, 3.05) is 4.90 Å². The topological polar surface area (TPSA) is 32.2 Å². The average Bonchev–Trinajstić information content (AvgIpc) is 3.97. The predicted molar refractivity (Wildman–Crippen MR) is 289 cm³/mol. The van der Waals surface area contributed by atoms with Gasteiger partial charge in [-0.25, -0.2) is 0 Å². The molecule has 1 N–H and O–H groups in total. The van der Waals surface area contributed by atoms with E-state index in [2.05, 4.69) is 246 Å². The van der Waals surface area contributed by atoms with Crippen LogP contribution in [-0.2, 0) is 0 Å². The predicted octanol–water partition coefficient (Wildman–Crippen LogP) is 15.9. The minimum absolute atomic E-state index is 0.717. The standard InChI is InChI=1S/C64H41BN2O/c1-5-16-40(17-6-1)44-26-15-27-50(32-44)67-59-37-48(42-20-9-3-10-21-42)28-30-57(59)65-61-53(39-56-52-34-45-24-13-14-25-46(45)38-60(52)68-64(56)63(61)67)55-36-49(43-22-11-4-12-23-43)35-54-51-33-47(41-18-7-2-8-19-41)29-31-58(51)66-62(54)55/h1-39,65-66H. The molecule has 68 heavy (non-hydrogen) atoms. The van der Waals surface area contributed by atoms with Gasteiger partial charge in [-0.1, -0.05) is 181 Å². The summed E-state index contributed by atoms with van der Waals surface area (Å²) in [6.07, 6.45) is 0. The molecule has 1 aliphatic rings. The van der Waals surface area contributed by atoms with Crippen LogP contribution in [0.5, 0.6) is 0 Å². The summed E-state index contributed by atoms with van der Waals surface area (Å²) in [5.41, 5.74) is 21.5. The fourth-order valence-corrected chi connectivity index (χ4v) is 10.9. The van der Waals surface area contributed by atoms with Crippen LogP contribution < -0.4 is 15.8 Å². The Balaban J connectivity index is 1.11. The third-order valence-corrected chi connectivity index (χ3v) is 14.2. The highest BCUT2D eigenvalue weighted by atomic mass is 16.3. The first-order valence-electron chi connectivity index (χ1n) is 23.4. The summed E-state index contributed by atoms with van der Waals surface area (Å²) in [6.45, 7) is 0. The molecule has 316 valence electrons. The molecule has 14 rings (SSSR count). The molecule has 0 radical (unpaired) electrons. The Morgan fingerprint density at radius 1 is 0.382 bits per heavy atom. The lowest BCUT2D eigenvalue weighted by Crippen LogP contribution is -2.41. The molecule has 0 spiro atoms. The Morgan fingerprint density at radius 2 is 0.956 bits per heavy atom. The summed E-state index contributed by atoms with van der Waals surface area (Å²) in [7, 11) is 0.717. The van der Waals surface area contributed by atoms with Crippen molar-refractivity contribution >= 4 is 89.8 Å². The van der Waals surface area contributed by atoms with Gasteiger partial charge in [0.2, 0.25) is 0 Å². The molecule has 3 heterocycles. The highest BCUT2D eigenvalue weighted by Crippen LogP contribution is 2.48. The van der Waals surface area contributed by atoms with Crippen LogP contribution in [0.4, 0.5) is 17.1 Å². The minimum atomic E-state index is 0.717. The second-order valence-corrected chi connectivity index (χ2v) is 18.1. The lowest BCUT2D eigenvalue weighted by molar-refractivity contribution is 0.670. The van der Waals surface area contributed by atoms with Crippen LogP contribution in [0.25, 0.3) is 110 Å². The number of hydrogen-bond donors (Lipinski definition) is 1. The third-order valence-electron chi connectivity index (χ3n) is 14.2. The highest BCUT2D eigenvalue weighted by Gasteiger charge is 2.33. The molecule has 0 bridgehead atoms. The van der Waals surface area contributed by atoms with Gasteiger partial charge in [-0.05, 0) is 127 Å². The number of H-pyrrole nitrogens is 1. The van der Waals surface area contributed by atoms with Crippen LogP contribution in [0.1, 0.15) is 0 Å². The maximum atomic E-state index is 7.28. The first-order valence-corrected chi connectivity index (χ1v) is 23.4. The fraction of sp³-hybridized carbons (Fsp3) is 0. The highest BCUT2D eigenvalue weighted by molar-refractivity contribution is 6.74. The number of fused-ring (bicyclic) bond motifs is 10. The van der Waals surface area contributed by atoms with Gasteiger partial charge in [0.15, 0.2) is 12.9 Å². The van der Waals surface area contributed by atoms with Gasteiger partial charge in [-0.3, -0.25) is 0 Å². The smallest absolute Gasteiger partial charge is 0.198 e. The lowest BCUT2D eigenvalue weighted by atomic mass is 9.57. The minimum Gasteiger partial charge on any atom is -0.454 e. The molecule has 0 saturated carbocycles. The largest absolute Gasteiger partial charge is 0.454 e. The van der Waals surface area contributed by atoms with Gasteiger partial charge in [0.25, 0.3) is 0 Å². The second-order valence-electron chi connectivity index (χ2n) is 18.1. The molecule has 11 aromatic carbocycles. The van der Waals surface area contributed by atoms with E-state index < -0.39 is 0 Å². The first-order chi connectivity index (χ1) is 33.7. The van der Waals surface area contributed by atoms with Crippen molar-refractivity contribution in [1.29, 1.82) is 0 Å². The first kappa shape index (κ1) is 38.4. The van der Waals surface area contributed by atoms with Crippen LogP contribution in [-0.4, -0.2) is 12.3 Å². The van der Waals surface area contributed by atoms with Crippen LogP contribution in [0.2, 0.25) is 0 Å². The summed E-state index contributed by atoms with van der Waals surface area (Å²) in [4.78, 5) is 6.49. The van der Waals surface area contributed by atoms with Crippen molar-refractivity contribution in [2.45, 2.75) is 0 Å². The summed E-state index contributed by atoms with van der Waals surface area (Å²) in [6, 6.07) is 86.2. The van der Waals surface area contributed by atoms with Crippen molar-refractivity contribution in [3.8, 4) is 55.6 Å². The number of rotatable bonds is 6. The molecular formula is C64H41BN2O. The molecule has 0 atom stereocenters. The van der Waals surface area contributed by atoms with Crippen molar-refractivity contribution in [3.63, 3.8) is 0 Å². The maximum Gasteiger partial charge on any atom is 0.198 e. The average molecular weight is 865 g/mol. The van der Waals surface area contributed by atoms with Gasteiger partial charge < -0.3 is 14.3 Å². The molecule has 0 fully saturated rings. The van der Waals surface area contributed by atoms with Gasteiger partial charge in [-0.2, -0.15) is 0 Å². The maximum absolute atomic E-state index is 7.28. The molecule has 2 aromatic heterocycles.